The topological polar surface area (TPSA) is 87.7 Å². The minimum Gasteiger partial charge on any atom is -0.409 e. The van der Waals surface area contributed by atoms with Crippen molar-refractivity contribution in [3.63, 3.8) is 0 Å². The number of nitrogens with zero attached hydrogens (tertiary/aromatic N) is 1. The lowest BCUT2D eigenvalue weighted by Gasteiger charge is -2.14. The van der Waals surface area contributed by atoms with Crippen LogP contribution in [0, 0.1) is 11.8 Å². The average molecular weight is 215 g/mol. The van der Waals surface area contributed by atoms with Crippen molar-refractivity contribution in [2.75, 3.05) is 6.54 Å². The molecule has 0 aliphatic rings. The Hall–Kier alpha value is -1.26. The van der Waals surface area contributed by atoms with Crippen molar-refractivity contribution in [1.29, 1.82) is 0 Å². The normalized spacial score (nSPS) is 14.0. The quantitative estimate of drug-likeness (QED) is 0.202. The van der Waals surface area contributed by atoms with E-state index in [0.717, 1.165) is 0 Å². The molecule has 0 aromatic heterocycles. The first-order valence-electron chi connectivity index (χ1n) is 5.23. The Morgan fingerprint density at radius 2 is 2.07 bits per heavy atom. The van der Waals surface area contributed by atoms with Crippen LogP contribution in [0.4, 0.5) is 0 Å². The third-order valence-electron chi connectivity index (χ3n) is 2.45. The Balaban J connectivity index is 3.64. The average Bonchev–Trinajstić information content (AvgIpc) is 2.22. The molecule has 1 unspecified atom stereocenters. The van der Waals surface area contributed by atoms with Gasteiger partial charge < -0.3 is 16.3 Å². The molecule has 0 aliphatic carbocycles. The van der Waals surface area contributed by atoms with Crippen molar-refractivity contribution in [1.82, 2.24) is 5.32 Å². The summed E-state index contributed by atoms with van der Waals surface area (Å²) in [5.74, 6) is 0.619. The lowest BCUT2D eigenvalue weighted by molar-refractivity contribution is -0.125. The van der Waals surface area contributed by atoms with E-state index >= 15 is 0 Å². The van der Waals surface area contributed by atoms with Gasteiger partial charge in [-0.05, 0) is 12.3 Å². The number of rotatable bonds is 6. The molecule has 0 saturated heterocycles. The van der Waals surface area contributed by atoms with Gasteiger partial charge >= 0.3 is 0 Å². The molecule has 0 radical (unpaired) electrons. The molecule has 0 saturated carbocycles. The fourth-order valence-corrected chi connectivity index (χ4v) is 0.995. The van der Waals surface area contributed by atoms with Crippen LogP contribution in [0.3, 0.4) is 0 Å². The Labute approximate surface area is 90.7 Å². The summed E-state index contributed by atoms with van der Waals surface area (Å²) in [5, 5.41) is 13.9. The monoisotopic (exact) mass is 215 g/mol. The molecule has 0 heterocycles. The van der Waals surface area contributed by atoms with E-state index in [-0.39, 0.29) is 17.7 Å². The van der Waals surface area contributed by atoms with Crippen LogP contribution in [-0.4, -0.2) is 23.5 Å². The van der Waals surface area contributed by atoms with Crippen molar-refractivity contribution >= 4 is 11.7 Å². The Morgan fingerprint density at radius 3 is 2.53 bits per heavy atom. The second kappa shape index (κ2) is 7.09. The summed E-state index contributed by atoms with van der Waals surface area (Å²) in [4.78, 5) is 11.5. The van der Waals surface area contributed by atoms with Gasteiger partial charge in [0.05, 0.1) is 0 Å². The van der Waals surface area contributed by atoms with Crippen LogP contribution in [0.25, 0.3) is 0 Å². The predicted octanol–water partition coefficient (Wildman–Crippen LogP) is 0.921. The molecule has 0 rings (SSSR count). The van der Waals surface area contributed by atoms with E-state index in [0.29, 0.717) is 25.3 Å². The highest BCUT2D eigenvalue weighted by Gasteiger charge is 2.15. The van der Waals surface area contributed by atoms with Crippen molar-refractivity contribution < 1.29 is 10.0 Å². The molecular formula is C10H21N3O2. The lowest BCUT2D eigenvalue weighted by Crippen LogP contribution is -2.32. The number of hydrogen-bond acceptors (Lipinski definition) is 3. The summed E-state index contributed by atoms with van der Waals surface area (Å²) in [6.07, 6.45) is 1.18. The standard InChI is InChI=1S/C10H21N3O2/c1-7(2)8(3)10(14)12-6-4-5-9(11)13-15/h7-8,15H,4-6H2,1-3H3,(H2,11,13)(H,12,14). The van der Waals surface area contributed by atoms with E-state index in [2.05, 4.69) is 10.5 Å². The fraction of sp³-hybridized carbons (Fsp3) is 0.800. The van der Waals surface area contributed by atoms with Crippen LogP contribution in [-0.2, 0) is 4.79 Å². The number of oxime groups is 1. The van der Waals surface area contributed by atoms with Gasteiger partial charge in [-0.15, -0.1) is 0 Å². The molecule has 5 nitrogen and oxygen atoms in total. The zero-order chi connectivity index (χ0) is 11.8. The van der Waals surface area contributed by atoms with Crippen LogP contribution < -0.4 is 11.1 Å². The summed E-state index contributed by atoms with van der Waals surface area (Å²) in [5.41, 5.74) is 5.29. The predicted molar refractivity (Wildman–Crippen MR) is 59.7 cm³/mol. The van der Waals surface area contributed by atoms with Gasteiger partial charge in [0.1, 0.15) is 5.84 Å². The number of carbonyl (C=O) groups excluding carboxylic acids is 1. The van der Waals surface area contributed by atoms with Crippen molar-refractivity contribution in [3.05, 3.63) is 0 Å². The van der Waals surface area contributed by atoms with Crippen molar-refractivity contribution in [2.45, 2.75) is 33.6 Å². The minimum atomic E-state index is 0.0221. The molecule has 0 aliphatic heterocycles. The van der Waals surface area contributed by atoms with Gasteiger partial charge in [-0.2, -0.15) is 0 Å². The molecule has 0 spiro atoms. The number of carbonyl (C=O) groups is 1. The first kappa shape index (κ1) is 13.7. The van der Waals surface area contributed by atoms with E-state index in [4.69, 9.17) is 10.9 Å². The molecule has 0 aromatic rings. The second-order valence-electron chi connectivity index (χ2n) is 4.02. The number of nitrogens with one attached hydrogen (secondary N) is 1. The fourth-order valence-electron chi connectivity index (χ4n) is 0.995. The third-order valence-corrected chi connectivity index (χ3v) is 2.45. The van der Waals surface area contributed by atoms with Crippen LogP contribution in [0.2, 0.25) is 0 Å². The van der Waals surface area contributed by atoms with Gasteiger partial charge in [-0.3, -0.25) is 4.79 Å². The van der Waals surface area contributed by atoms with E-state index in [1.165, 1.54) is 0 Å². The minimum absolute atomic E-state index is 0.0221. The van der Waals surface area contributed by atoms with Crippen LogP contribution in [0.5, 0.6) is 0 Å². The molecule has 88 valence electrons. The summed E-state index contributed by atoms with van der Waals surface area (Å²) in [6, 6.07) is 0. The summed E-state index contributed by atoms with van der Waals surface area (Å²) < 4.78 is 0. The third kappa shape index (κ3) is 5.93. The van der Waals surface area contributed by atoms with Crippen LogP contribution in [0.15, 0.2) is 5.16 Å². The van der Waals surface area contributed by atoms with Gasteiger partial charge in [0.2, 0.25) is 5.91 Å². The summed E-state index contributed by atoms with van der Waals surface area (Å²) in [7, 11) is 0. The molecule has 1 amide bonds. The first-order chi connectivity index (χ1) is 6.99. The lowest BCUT2D eigenvalue weighted by atomic mass is 9.97. The zero-order valence-corrected chi connectivity index (χ0v) is 9.66. The number of hydrogen-bond donors (Lipinski definition) is 3. The SMILES string of the molecule is CC(C)C(C)C(=O)NCCCC(N)=NO. The molecule has 0 bridgehead atoms. The highest BCUT2D eigenvalue weighted by Crippen LogP contribution is 2.08. The highest BCUT2D eigenvalue weighted by molar-refractivity contribution is 5.80. The zero-order valence-electron chi connectivity index (χ0n) is 9.66. The van der Waals surface area contributed by atoms with Gasteiger partial charge in [-0.1, -0.05) is 25.9 Å². The van der Waals surface area contributed by atoms with E-state index in [9.17, 15) is 4.79 Å². The van der Waals surface area contributed by atoms with Crippen molar-refractivity contribution in [2.24, 2.45) is 22.7 Å². The number of amidine groups is 1. The molecular weight excluding hydrogens is 194 g/mol. The van der Waals surface area contributed by atoms with Gasteiger partial charge in [0, 0.05) is 18.9 Å². The Bertz CT molecular complexity index is 227. The maximum atomic E-state index is 11.5. The number of amides is 1. The smallest absolute Gasteiger partial charge is 0.223 e. The molecule has 15 heavy (non-hydrogen) atoms. The van der Waals surface area contributed by atoms with Gasteiger partial charge in [0.25, 0.3) is 0 Å². The Morgan fingerprint density at radius 1 is 1.47 bits per heavy atom. The molecule has 5 heteroatoms. The second-order valence-corrected chi connectivity index (χ2v) is 4.02. The van der Waals surface area contributed by atoms with E-state index in [1.54, 1.807) is 0 Å². The maximum Gasteiger partial charge on any atom is 0.223 e. The largest absolute Gasteiger partial charge is 0.409 e. The molecule has 1 atom stereocenters. The van der Waals surface area contributed by atoms with Gasteiger partial charge in [0.15, 0.2) is 0 Å². The summed E-state index contributed by atoms with van der Waals surface area (Å²) in [6.45, 7) is 6.50. The molecule has 0 fully saturated rings. The van der Waals surface area contributed by atoms with Gasteiger partial charge in [-0.25, -0.2) is 0 Å². The number of nitrogens with two attached hydrogens (primary N) is 1. The van der Waals surface area contributed by atoms with Crippen molar-refractivity contribution in [3.8, 4) is 0 Å². The van der Waals surface area contributed by atoms with Crippen LogP contribution >= 0.6 is 0 Å². The maximum absolute atomic E-state index is 11.5. The first-order valence-corrected chi connectivity index (χ1v) is 5.23. The Kier molecular flexibility index (Phi) is 6.49. The van der Waals surface area contributed by atoms with E-state index < -0.39 is 0 Å². The molecule has 4 N–H and O–H groups in total. The summed E-state index contributed by atoms with van der Waals surface area (Å²) >= 11 is 0. The van der Waals surface area contributed by atoms with E-state index in [1.807, 2.05) is 20.8 Å². The molecule has 0 aromatic carbocycles. The highest BCUT2D eigenvalue weighted by atomic mass is 16.4. The van der Waals surface area contributed by atoms with Crippen LogP contribution in [0.1, 0.15) is 33.6 Å².